The van der Waals surface area contributed by atoms with Crippen LogP contribution >= 0.6 is 0 Å². The van der Waals surface area contributed by atoms with Crippen LogP contribution in [0.5, 0.6) is 0 Å². The number of aromatic amines is 1. The molecule has 5 nitrogen and oxygen atoms in total. The van der Waals surface area contributed by atoms with Crippen LogP contribution in [0.15, 0.2) is 40.1 Å². The molecule has 0 fully saturated rings. The highest BCUT2D eigenvalue weighted by molar-refractivity contribution is 5.37. The first-order chi connectivity index (χ1) is 9.02. The van der Waals surface area contributed by atoms with Crippen molar-refractivity contribution in [2.24, 2.45) is 0 Å². The normalized spacial score (nSPS) is 10.4. The fraction of sp³-hybridized carbons (Fsp3) is 0.214. The molecule has 19 heavy (non-hydrogen) atoms. The van der Waals surface area contributed by atoms with Gasteiger partial charge in [0.1, 0.15) is 11.6 Å². The number of benzene rings is 1. The molecule has 0 radical (unpaired) electrons. The van der Waals surface area contributed by atoms with E-state index >= 15 is 0 Å². The minimum Gasteiger partial charge on any atom is -0.273 e. The Morgan fingerprint density at radius 1 is 1.21 bits per heavy atom. The summed E-state index contributed by atoms with van der Waals surface area (Å²) in [6.07, 6.45) is 1.26. The quantitative estimate of drug-likeness (QED) is 0.883. The molecule has 1 N–H and O–H groups in total. The van der Waals surface area contributed by atoms with Gasteiger partial charge in [0.2, 0.25) is 0 Å². The lowest BCUT2D eigenvalue weighted by Crippen LogP contribution is -2.30. The Labute approximate surface area is 109 Å². The molecule has 1 aromatic heterocycles. The molecule has 1 heterocycles. The molecule has 0 atom stereocenters. The van der Waals surface area contributed by atoms with E-state index in [1.807, 2.05) is 12.1 Å². The second-order valence-electron chi connectivity index (χ2n) is 4.53. The summed E-state index contributed by atoms with van der Waals surface area (Å²) >= 11 is 0. The molecule has 5 heteroatoms. The van der Waals surface area contributed by atoms with E-state index in [2.05, 4.69) is 18.8 Å². The first-order valence-corrected chi connectivity index (χ1v) is 5.89. The Balaban J connectivity index is 2.56. The van der Waals surface area contributed by atoms with Crippen molar-refractivity contribution < 1.29 is 0 Å². The maximum Gasteiger partial charge on any atom is 0.332 e. The van der Waals surface area contributed by atoms with E-state index in [0.717, 1.165) is 5.56 Å². The van der Waals surface area contributed by atoms with E-state index in [-0.39, 0.29) is 5.56 Å². The molecular weight excluding hydrogens is 242 g/mol. The number of aromatic nitrogens is 2. The van der Waals surface area contributed by atoms with Crippen LogP contribution in [0.2, 0.25) is 0 Å². The van der Waals surface area contributed by atoms with E-state index in [1.54, 1.807) is 18.2 Å². The summed E-state index contributed by atoms with van der Waals surface area (Å²) in [5.74, 6) is 0.399. The molecule has 0 bridgehead atoms. The highest BCUT2D eigenvalue weighted by Gasteiger charge is 2.06. The minimum absolute atomic E-state index is 0.0902. The molecule has 96 valence electrons. The molecule has 2 rings (SSSR count). The van der Waals surface area contributed by atoms with Crippen LogP contribution in [-0.4, -0.2) is 9.55 Å². The minimum atomic E-state index is -0.664. The lowest BCUT2D eigenvalue weighted by atomic mass is 10.0. The average molecular weight is 255 g/mol. The van der Waals surface area contributed by atoms with Crippen molar-refractivity contribution >= 4 is 0 Å². The molecule has 2 aromatic rings. The zero-order chi connectivity index (χ0) is 14.0. The third-order valence-electron chi connectivity index (χ3n) is 2.90. The summed E-state index contributed by atoms with van der Waals surface area (Å²) in [4.78, 5) is 25.2. The molecule has 0 spiro atoms. The first-order valence-electron chi connectivity index (χ1n) is 5.89. The molecule has 0 unspecified atom stereocenters. The van der Waals surface area contributed by atoms with E-state index in [4.69, 9.17) is 5.26 Å². The second kappa shape index (κ2) is 4.94. The van der Waals surface area contributed by atoms with Gasteiger partial charge < -0.3 is 0 Å². The van der Waals surface area contributed by atoms with Crippen molar-refractivity contribution in [1.29, 1.82) is 5.26 Å². The summed E-state index contributed by atoms with van der Waals surface area (Å²) < 4.78 is 1.25. The third-order valence-corrected chi connectivity index (χ3v) is 2.90. The fourth-order valence-corrected chi connectivity index (χ4v) is 1.76. The summed E-state index contributed by atoms with van der Waals surface area (Å²) in [5, 5.41) is 8.81. The zero-order valence-corrected chi connectivity index (χ0v) is 10.7. The van der Waals surface area contributed by atoms with Crippen LogP contribution in [0.25, 0.3) is 5.69 Å². The third kappa shape index (κ3) is 2.47. The van der Waals surface area contributed by atoms with Crippen LogP contribution < -0.4 is 11.2 Å². The number of H-pyrrole nitrogens is 1. The van der Waals surface area contributed by atoms with Gasteiger partial charge in [0.15, 0.2) is 0 Å². The number of nitriles is 1. The van der Waals surface area contributed by atoms with Gasteiger partial charge in [-0.3, -0.25) is 14.3 Å². The molecular formula is C14H13N3O2. The Bertz CT molecular complexity index is 746. The van der Waals surface area contributed by atoms with Crippen molar-refractivity contribution in [2.45, 2.75) is 19.8 Å². The Hall–Kier alpha value is -2.61. The maximum atomic E-state index is 11.7. The first kappa shape index (κ1) is 12.8. The Kier molecular flexibility index (Phi) is 3.34. The number of nitrogens with one attached hydrogen (secondary N) is 1. The maximum absolute atomic E-state index is 11.7. The molecule has 0 amide bonds. The van der Waals surface area contributed by atoms with Gasteiger partial charge in [0, 0.05) is 6.20 Å². The van der Waals surface area contributed by atoms with Gasteiger partial charge in [0.05, 0.1) is 5.69 Å². The van der Waals surface area contributed by atoms with Gasteiger partial charge in [-0.15, -0.1) is 0 Å². The van der Waals surface area contributed by atoms with Crippen LogP contribution in [0, 0.1) is 11.3 Å². The Morgan fingerprint density at radius 3 is 2.37 bits per heavy atom. The fourth-order valence-electron chi connectivity index (χ4n) is 1.76. The summed E-state index contributed by atoms with van der Waals surface area (Å²) in [7, 11) is 0. The highest BCUT2D eigenvalue weighted by atomic mass is 16.2. The van der Waals surface area contributed by atoms with Crippen LogP contribution in [0.4, 0.5) is 0 Å². The molecule has 0 aliphatic heterocycles. The lowest BCUT2D eigenvalue weighted by Gasteiger charge is -2.08. The van der Waals surface area contributed by atoms with E-state index in [0.29, 0.717) is 11.6 Å². The number of nitrogens with zero attached hydrogens (tertiary/aromatic N) is 2. The topological polar surface area (TPSA) is 78.7 Å². The zero-order valence-electron chi connectivity index (χ0n) is 10.7. The Morgan fingerprint density at radius 2 is 1.84 bits per heavy atom. The predicted molar refractivity (Wildman–Crippen MR) is 71.5 cm³/mol. The van der Waals surface area contributed by atoms with Gasteiger partial charge in [-0.05, 0) is 23.6 Å². The summed E-state index contributed by atoms with van der Waals surface area (Å²) in [6, 6.07) is 9.18. The smallest absolute Gasteiger partial charge is 0.273 e. The van der Waals surface area contributed by atoms with E-state index in [9.17, 15) is 9.59 Å². The van der Waals surface area contributed by atoms with Gasteiger partial charge in [0.25, 0.3) is 5.56 Å². The van der Waals surface area contributed by atoms with Crippen molar-refractivity contribution in [3.05, 3.63) is 62.4 Å². The van der Waals surface area contributed by atoms with Crippen LogP contribution in [0.3, 0.4) is 0 Å². The average Bonchev–Trinajstić information content (AvgIpc) is 2.39. The largest absolute Gasteiger partial charge is 0.332 e. The number of rotatable bonds is 2. The highest BCUT2D eigenvalue weighted by Crippen LogP contribution is 2.15. The SMILES string of the molecule is CC(C)c1ccc(-n2cc(C#N)c(=O)[nH]c2=O)cc1. The molecule has 0 aliphatic rings. The molecule has 0 saturated heterocycles. The van der Waals surface area contributed by atoms with Gasteiger partial charge in [-0.1, -0.05) is 26.0 Å². The van der Waals surface area contributed by atoms with Crippen LogP contribution in [-0.2, 0) is 0 Å². The number of hydrogen-bond acceptors (Lipinski definition) is 3. The standard InChI is InChI=1S/C14H13N3O2/c1-9(2)10-3-5-12(6-4-10)17-8-11(7-15)13(18)16-14(17)19/h3-6,8-9H,1-2H3,(H,16,18,19). The monoisotopic (exact) mass is 255 g/mol. The van der Waals surface area contributed by atoms with E-state index < -0.39 is 11.2 Å². The molecule has 0 saturated carbocycles. The van der Waals surface area contributed by atoms with Crippen molar-refractivity contribution in [3.8, 4) is 11.8 Å². The van der Waals surface area contributed by atoms with Gasteiger partial charge in [-0.25, -0.2) is 4.79 Å². The second-order valence-corrected chi connectivity index (χ2v) is 4.53. The van der Waals surface area contributed by atoms with Crippen molar-refractivity contribution in [3.63, 3.8) is 0 Å². The van der Waals surface area contributed by atoms with E-state index in [1.165, 1.54) is 10.8 Å². The predicted octanol–water partition coefficient (Wildman–Crippen LogP) is 1.52. The summed E-state index contributed by atoms with van der Waals surface area (Å²) in [5.41, 5.74) is 0.459. The van der Waals surface area contributed by atoms with Crippen molar-refractivity contribution in [1.82, 2.24) is 9.55 Å². The number of hydrogen-bond donors (Lipinski definition) is 1. The van der Waals surface area contributed by atoms with Crippen molar-refractivity contribution in [2.75, 3.05) is 0 Å². The van der Waals surface area contributed by atoms with Crippen LogP contribution in [0.1, 0.15) is 30.9 Å². The van der Waals surface area contributed by atoms with Gasteiger partial charge >= 0.3 is 5.69 Å². The van der Waals surface area contributed by atoms with Gasteiger partial charge in [-0.2, -0.15) is 5.26 Å². The lowest BCUT2D eigenvalue weighted by molar-refractivity contribution is 0.858. The summed E-state index contributed by atoms with van der Waals surface area (Å²) in [6.45, 7) is 4.16. The molecule has 1 aromatic carbocycles. The molecule has 0 aliphatic carbocycles.